The largest absolute Gasteiger partial charge is 0.394 e. The van der Waals surface area contributed by atoms with Gasteiger partial charge in [-0.05, 0) is 41.5 Å². The van der Waals surface area contributed by atoms with Crippen molar-refractivity contribution in [1.82, 2.24) is 14.9 Å². The van der Waals surface area contributed by atoms with Gasteiger partial charge in [-0.25, -0.2) is 0 Å². The van der Waals surface area contributed by atoms with E-state index in [-0.39, 0.29) is 11.8 Å². The van der Waals surface area contributed by atoms with Crippen molar-refractivity contribution < 1.29 is 25.2 Å². The van der Waals surface area contributed by atoms with Crippen LogP contribution in [0.2, 0.25) is 0 Å². The van der Waals surface area contributed by atoms with Gasteiger partial charge >= 0.3 is 0 Å². The van der Waals surface area contributed by atoms with Crippen molar-refractivity contribution in [2.24, 2.45) is 0 Å². The van der Waals surface area contributed by atoms with Crippen LogP contribution in [0.15, 0.2) is 24.5 Å². The minimum absolute atomic E-state index is 0.289. The molecule has 8 heteroatoms. The second-order valence-electron chi connectivity index (χ2n) is 7.83. The summed E-state index contributed by atoms with van der Waals surface area (Å²) in [7, 11) is 0. The van der Waals surface area contributed by atoms with Crippen LogP contribution in [-0.4, -0.2) is 85.6 Å². The molecule has 1 aliphatic carbocycles. The third-order valence-electron chi connectivity index (χ3n) is 6.26. The summed E-state index contributed by atoms with van der Waals surface area (Å²) in [6.45, 7) is 0.945. The van der Waals surface area contributed by atoms with Crippen molar-refractivity contribution >= 4 is 11.0 Å². The third kappa shape index (κ3) is 2.67. The van der Waals surface area contributed by atoms with Crippen LogP contribution in [0.5, 0.6) is 0 Å². The van der Waals surface area contributed by atoms with Crippen molar-refractivity contribution in [3.05, 3.63) is 35.7 Å². The van der Waals surface area contributed by atoms with Crippen LogP contribution in [0.1, 0.15) is 29.4 Å². The minimum Gasteiger partial charge on any atom is -0.394 e. The number of aliphatic hydroxyl groups is 4. The Morgan fingerprint density at radius 3 is 2.07 bits per heavy atom. The highest BCUT2D eigenvalue weighted by molar-refractivity contribution is 5.77. The lowest BCUT2D eigenvalue weighted by atomic mass is 9.92. The molecule has 0 saturated carbocycles. The van der Waals surface area contributed by atoms with Gasteiger partial charge < -0.3 is 25.2 Å². The van der Waals surface area contributed by atoms with Gasteiger partial charge in [0, 0.05) is 25.5 Å². The van der Waals surface area contributed by atoms with Crippen molar-refractivity contribution in [2.45, 2.75) is 48.9 Å². The van der Waals surface area contributed by atoms with E-state index < -0.39 is 37.3 Å². The molecule has 2 fully saturated rings. The molecule has 1 aromatic heterocycles. The van der Waals surface area contributed by atoms with Crippen LogP contribution in [0.3, 0.4) is 0 Å². The Labute approximate surface area is 156 Å². The lowest BCUT2D eigenvalue weighted by Gasteiger charge is -2.46. The summed E-state index contributed by atoms with van der Waals surface area (Å²) in [5.41, 5.74) is 4.28. The molecular formula is C19H23N3O5. The number of likely N-dealkylation sites (tertiary alicyclic amines) is 1. The zero-order valence-corrected chi connectivity index (χ0v) is 14.7. The normalized spacial score (nSPS) is 38.9. The number of fused-ring (bicyclic) bond motifs is 6. The van der Waals surface area contributed by atoms with Crippen LogP contribution in [-0.2, 0) is 4.74 Å². The minimum atomic E-state index is -1.35. The molecule has 7 atom stereocenters. The molecule has 8 nitrogen and oxygen atoms in total. The highest BCUT2D eigenvalue weighted by Crippen LogP contribution is 2.47. The molecule has 0 radical (unpaired) electrons. The number of benzene rings is 1. The number of ether oxygens (including phenoxy) is 1. The van der Waals surface area contributed by atoms with E-state index in [4.69, 9.17) is 4.74 Å². The molecule has 144 valence electrons. The molecule has 2 aromatic rings. The van der Waals surface area contributed by atoms with Crippen molar-refractivity contribution in [3.63, 3.8) is 0 Å². The molecule has 4 N–H and O–H groups in total. The number of hydrogen-bond acceptors (Lipinski definition) is 8. The average molecular weight is 373 g/mol. The fourth-order valence-corrected chi connectivity index (χ4v) is 4.93. The fraction of sp³-hybridized carbons (Fsp3) is 0.579. The van der Waals surface area contributed by atoms with Gasteiger partial charge in [-0.3, -0.25) is 14.9 Å². The summed E-state index contributed by atoms with van der Waals surface area (Å²) in [6, 6.07) is 4.22. The van der Waals surface area contributed by atoms with Crippen molar-refractivity contribution in [2.75, 3.05) is 19.7 Å². The topological polar surface area (TPSA) is 119 Å². The summed E-state index contributed by atoms with van der Waals surface area (Å²) < 4.78 is 5.76. The van der Waals surface area contributed by atoms with E-state index >= 15 is 0 Å². The molecule has 27 heavy (non-hydrogen) atoms. The molecule has 3 aliphatic rings. The number of aromatic nitrogens is 2. The molecule has 4 unspecified atom stereocenters. The first kappa shape index (κ1) is 17.4. The summed E-state index contributed by atoms with van der Waals surface area (Å²) in [5.74, 6) is 0.579. The number of nitrogens with zero attached hydrogens (tertiary/aromatic N) is 3. The van der Waals surface area contributed by atoms with Gasteiger partial charge in [-0.1, -0.05) is 0 Å². The van der Waals surface area contributed by atoms with E-state index in [1.807, 2.05) is 4.90 Å². The van der Waals surface area contributed by atoms with E-state index in [1.165, 1.54) is 11.1 Å². The first-order chi connectivity index (χ1) is 13.1. The quantitative estimate of drug-likeness (QED) is 0.547. The third-order valence-corrected chi connectivity index (χ3v) is 6.26. The Morgan fingerprint density at radius 2 is 1.52 bits per heavy atom. The Bertz CT molecular complexity index is 812. The van der Waals surface area contributed by atoms with Gasteiger partial charge in [0.15, 0.2) is 0 Å². The summed E-state index contributed by atoms with van der Waals surface area (Å²) in [6.07, 6.45) is -1.14. The first-order valence-electron chi connectivity index (χ1n) is 9.36. The number of hydrogen-bond donors (Lipinski definition) is 4. The maximum Gasteiger partial charge on any atom is 0.140 e. The highest BCUT2D eigenvalue weighted by atomic mass is 16.6. The highest BCUT2D eigenvalue weighted by Gasteiger charge is 2.49. The summed E-state index contributed by atoms with van der Waals surface area (Å²) in [5, 5.41) is 40.0. The Balaban J connectivity index is 1.44. The standard InChI is InChI=1S/C19H23N3O5/c23-8-15-16(24)17(25)18(26)19(27-15)22-6-9-3-10(7-22)12-5-14-13(4-11(9)12)20-1-2-21-14/h1-2,4-5,9-10,15-19,23-26H,3,6-8H2/t9?,10?,15?,16-,17+,18?,19-/m1/s1. The second-order valence-corrected chi connectivity index (χ2v) is 7.83. The predicted octanol–water partition coefficient (Wildman–Crippen LogP) is -0.684. The lowest BCUT2D eigenvalue weighted by Crippen LogP contribution is -2.64. The maximum absolute atomic E-state index is 10.5. The average Bonchev–Trinajstić information content (AvgIpc) is 2.94. The fourth-order valence-electron chi connectivity index (χ4n) is 4.93. The van der Waals surface area contributed by atoms with E-state index in [0.717, 1.165) is 17.5 Å². The molecule has 2 aliphatic heterocycles. The monoisotopic (exact) mass is 373 g/mol. The van der Waals surface area contributed by atoms with Crippen LogP contribution >= 0.6 is 0 Å². The van der Waals surface area contributed by atoms with Crippen LogP contribution in [0.4, 0.5) is 0 Å². The van der Waals surface area contributed by atoms with Crippen LogP contribution < -0.4 is 0 Å². The molecule has 3 heterocycles. The predicted molar refractivity (Wildman–Crippen MR) is 95.0 cm³/mol. The van der Waals surface area contributed by atoms with Gasteiger partial charge in [0.1, 0.15) is 30.6 Å². The molecular weight excluding hydrogens is 350 g/mol. The number of rotatable bonds is 2. The van der Waals surface area contributed by atoms with Crippen LogP contribution in [0.25, 0.3) is 11.0 Å². The van der Waals surface area contributed by atoms with E-state index in [0.29, 0.717) is 13.1 Å². The van der Waals surface area contributed by atoms with Crippen LogP contribution in [0, 0.1) is 0 Å². The summed E-state index contributed by atoms with van der Waals surface area (Å²) in [4.78, 5) is 10.8. The number of piperidine rings is 1. The van der Waals surface area contributed by atoms with Gasteiger partial charge in [0.2, 0.25) is 0 Å². The van der Waals surface area contributed by atoms with Crippen molar-refractivity contribution in [3.8, 4) is 0 Å². The first-order valence-corrected chi connectivity index (χ1v) is 9.36. The molecule has 2 saturated heterocycles. The maximum atomic E-state index is 10.5. The zero-order chi connectivity index (χ0) is 18.7. The SMILES string of the molecule is OCC1O[C@@H](N2CC3CC(C2)c2cc4nccnc4cc23)C(O)[C@@H](O)[C@@H]1O. The van der Waals surface area contributed by atoms with E-state index in [2.05, 4.69) is 22.1 Å². The van der Waals surface area contributed by atoms with Gasteiger partial charge in [0.05, 0.1) is 17.6 Å². The molecule has 1 aromatic carbocycles. The van der Waals surface area contributed by atoms with Crippen molar-refractivity contribution in [1.29, 1.82) is 0 Å². The van der Waals surface area contributed by atoms with E-state index in [9.17, 15) is 20.4 Å². The molecule has 5 rings (SSSR count). The van der Waals surface area contributed by atoms with E-state index in [1.54, 1.807) is 12.4 Å². The van der Waals surface area contributed by atoms with Gasteiger partial charge in [-0.15, -0.1) is 0 Å². The Morgan fingerprint density at radius 1 is 0.926 bits per heavy atom. The summed E-state index contributed by atoms with van der Waals surface area (Å²) >= 11 is 0. The smallest absolute Gasteiger partial charge is 0.140 e. The zero-order valence-electron chi connectivity index (χ0n) is 14.7. The molecule has 0 amide bonds. The van der Waals surface area contributed by atoms with Gasteiger partial charge in [0.25, 0.3) is 0 Å². The lowest BCUT2D eigenvalue weighted by molar-refractivity contribution is -0.267. The number of aliphatic hydroxyl groups excluding tert-OH is 4. The molecule has 0 spiro atoms. The Kier molecular flexibility index (Phi) is 4.15. The second kappa shape index (κ2) is 6.44. The Hall–Kier alpha value is -1.68. The molecule has 2 bridgehead atoms. The van der Waals surface area contributed by atoms with Gasteiger partial charge in [-0.2, -0.15) is 0 Å².